The molecular weight excluding hydrogens is 288 g/mol. The first kappa shape index (κ1) is 15.5. The van der Waals surface area contributed by atoms with Crippen molar-refractivity contribution >= 4 is 11.6 Å². The molecule has 0 atom stereocenters. The number of ether oxygens (including phenoxy) is 1. The second kappa shape index (κ2) is 7.23. The van der Waals surface area contributed by atoms with Gasteiger partial charge in [0.2, 0.25) is 5.91 Å². The topological polar surface area (TPSA) is 38.3 Å². The van der Waals surface area contributed by atoms with Gasteiger partial charge >= 0.3 is 0 Å². The third kappa shape index (κ3) is 4.32. The monoisotopic (exact) mass is 301 g/mol. The standard InChI is InChI=1S/C17H13F2NO2/c1-2-4-17(21)20-14-7-8-16(15(19)10-14)22-11-12-5-3-6-13(18)9-12/h1,3,5-10H,4,11H2,(H,20,21). The van der Waals surface area contributed by atoms with Gasteiger partial charge in [0.1, 0.15) is 12.4 Å². The lowest BCUT2D eigenvalue weighted by molar-refractivity contribution is -0.115. The van der Waals surface area contributed by atoms with Gasteiger partial charge in [-0.3, -0.25) is 4.79 Å². The Morgan fingerprint density at radius 1 is 1.23 bits per heavy atom. The molecule has 0 aliphatic carbocycles. The number of benzene rings is 2. The smallest absolute Gasteiger partial charge is 0.236 e. The average Bonchev–Trinajstić information content (AvgIpc) is 2.46. The second-order valence-corrected chi connectivity index (χ2v) is 4.49. The number of terminal acetylenes is 1. The predicted molar refractivity (Wildman–Crippen MR) is 79.2 cm³/mol. The molecule has 0 fully saturated rings. The van der Waals surface area contributed by atoms with Gasteiger partial charge in [0.15, 0.2) is 11.6 Å². The van der Waals surface area contributed by atoms with E-state index in [1.54, 1.807) is 12.1 Å². The van der Waals surface area contributed by atoms with E-state index < -0.39 is 11.7 Å². The summed E-state index contributed by atoms with van der Waals surface area (Å²) in [5.41, 5.74) is 0.877. The highest BCUT2D eigenvalue weighted by molar-refractivity contribution is 5.92. The van der Waals surface area contributed by atoms with Gasteiger partial charge in [-0.1, -0.05) is 18.1 Å². The Kier molecular flexibility index (Phi) is 5.10. The van der Waals surface area contributed by atoms with Gasteiger partial charge in [-0.15, -0.1) is 6.42 Å². The molecule has 0 aromatic heterocycles. The third-order valence-electron chi connectivity index (χ3n) is 2.76. The summed E-state index contributed by atoms with van der Waals surface area (Å²) < 4.78 is 32.2. The fourth-order valence-corrected chi connectivity index (χ4v) is 1.78. The van der Waals surface area contributed by atoms with Crippen molar-refractivity contribution in [3.05, 3.63) is 59.7 Å². The molecule has 2 aromatic carbocycles. The van der Waals surface area contributed by atoms with Gasteiger partial charge in [0.05, 0.1) is 6.42 Å². The summed E-state index contributed by atoms with van der Waals surface area (Å²) in [4.78, 5) is 11.3. The number of nitrogens with one attached hydrogen (secondary N) is 1. The molecule has 0 saturated carbocycles. The van der Waals surface area contributed by atoms with Gasteiger partial charge in [-0.05, 0) is 29.8 Å². The largest absolute Gasteiger partial charge is 0.486 e. The van der Waals surface area contributed by atoms with Crippen molar-refractivity contribution in [1.29, 1.82) is 0 Å². The molecule has 1 N–H and O–H groups in total. The summed E-state index contributed by atoms with van der Waals surface area (Å²) >= 11 is 0. The minimum atomic E-state index is -0.630. The minimum Gasteiger partial charge on any atom is -0.486 e. The first-order valence-corrected chi connectivity index (χ1v) is 6.48. The Balaban J connectivity index is 2.01. The number of anilines is 1. The molecule has 0 bridgehead atoms. The maximum atomic E-state index is 13.9. The average molecular weight is 301 g/mol. The highest BCUT2D eigenvalue weighted by Crippen LogP contribution is 2.22. The van der Waals surface area contributed by atoms with E-state index in [2.05, 4.69) is 11.2 Å². The van der Waals surface area contributed by atoms with E-state index >= 15 is 0 Å². The molecule has 0 aliphatic heterocycles. The van der Waals surface area contributed by atoms with Crippen LogP contribution in [0.1, 0.15) is 12.0 Å². The highest BCUT2D eigenvalue weighted by Gasteiger charge is 2.07. The first-order chi connectivity index (χ1) is 10.6. The van der Waals surface area contributed by atoms with E-state index in [-0.39, 0.29) is 30.3 Å². The number of hydrogen-bond acceptors (Lipinski definition) is 2. The second-order valence-electron chi connectivity index (χ2n) is 4.49. The van der Waals surface area contributed by atoms with Crippen LogP contribution in [0.15, 0.2) is 42.5 Å². The van der Waals surface area contributed by atoms with Crippen molar-refractivity contribution < 1.29 is 18.3 Å². The zero-order valence-corrected chi connectivity index (χ0v) is 11.6. The van der Waals surface area contributed by atoms with E-state index in [1.807, 2.05) is 0 Å². The van der Waals surface area contributed by atoms with Crippen LogP contribution < -0.4 is 10.1 Å². The molecule has 0 heterocycles. The lowest BCUT2D eigenvalue weighted by atomic mass is 10.2. The van der Waals surface area contributed by atoms with Crippen LogP contribution in [0.2, 0.25) is 0 Å². The molecule has 112 valence electrons. The SMILES string of the molecule is C#CCC(=O)Nc1ccc(OCc2cccc(F)c2)c(F)c1. The normalized spacial score (nSPS) is 9.86. The number of hydrogen-bond donors (Lipinski definition) is 1. The van der Waals surface area contributed by atoms with Crippen molar-refractivity contribution in [2.75, 3.05) is 5.32 Å². The van der Waals surface area contributed by atoms with Gasteiger partial charge in [-0.2, -0.15) is 0 Å². The fourth-order valence-electron chi connectivity index (χ4n) is 1.78. The Morgan fingerprint density at radius 2 is 2.05 bits per heavy atom. The lowest BCUT2D eigenvalue weighted by Crippen LogP contribution is -2.10. The molecule has 0 aliphatic rings. The Labute approximate surface area is 126 Å². The van der Waals surface area contributed by atoms with E-state index in [9.17, 15) is 13.6 Å². The number of amides is 1. The summed E-state index contributed by atoms with van der Waals surface area (Å²) in [5.74, 6) is 0.804. The van der Waals surface area contributed by atoms with Crippen LogP contribution in [-0.2, 0) is 11.4 Å². The summed E-state index contributed by atoms with van der Waals surface area (Å²) in [5, 5.41) is 2.47. The first-order valence-electron chi connectivity index (χ1n) is 6.48. The predicted octanol–water partition coefficient (Wildman–Crippen LogP) is 3.51. The number of halogens is 2. The molecule has 2 aromatic rings. The molecular formula is C17H13F2NO2. The van der Waals surface area contributed by atoms with Crippen LogP contribution >= 0.6 is 0 Å². The molecule has 0 radical (unpaired) electrons. The maximum Gasteiger partial charge on any atom is 0.236 e. The number of rotatable bonds is 5. The molecule has 22 heavy (non-hydrogen) atoms. The van der Waals surface area contributed by atoms with Crippen LogP contribution in [0.3, 0.4) is 0 Å². The quantitative estimate of drug-likeness (QED) is 0.858. The van der Waals surface area contributed by atoms with Crippen molar-refractivity contribution in [2.24, 2.45) is 0 Å². The van der Waals surface area contributed by atoms with E-state index in [1.165, 1.54) is 24.3 Å². The van der Waals surface area contributed by atoms with Crippen LogP contribution in [0.5, 0.6) is 5.75 Å². The van der Waals surface area contributed by atoms with E-state index in [0.717, 1.165) is 6.07 Å². The highest BCUT2D eigenvalue weighted by atomic mass is 19.1. The Bertz CT molecular complexity index is 723. The molecule has 0 spiro atoms. The van der Waals surface area contributed by atoms with Gasteiger partial charge in [-0.25, -0.2) is 8.78 Å². The van der Waals surface area contributed by atoms with Crippen molar-refractivity contribution in [2.45, 2.75) is 13.0 Å². The third-order valence-corrected chi connectivity index (χ3v) is 2.76. The molecule has 2 rings (SSSR count). The van der Waals surface area contributed by atoms with Gasteiger partial charge < -0.3 is 10.1 Å². The minimum absolute atomic E-state index is 0.0132. The van der Waals surface area contributed by atoms with Gasteiger partial charge in [0, 0.05) is 11.8 Å². The van der Waals surface area contributed by atoms with Crippen LogP contribution in [-0.4, -0.2) is 5.91 Å². The number of carbonyl (C=O) groups excluding carboxylic acids is 1. The summed E-state index contributed by atoms with van der Waals surface area (Å²) in [6.07, 6.45) is 4.93. The summed E-state index contributed by atoms with van der Waals surface area (Å²) in [6, 6.07) is 9.88. The summed E-state index contributed by atoms with van der Waals surface area (Å²) in [6.45, 7) is 0.0392. The summed E-state index contributed by atoms with van der Waals surface area (Å²) in [7, 11) is 0. The lowest BCUT2D eigenvalue weighted by Gasteiger charge is -2.09. The molecule has 3 nitrogen and oxygen atoms in total. The fraction of sp³-hybridized carbons (Fsp3) is 0.118. The van der Waals surface area contributed by atoms with Crippen LogP contribution in [0.4, 0.5) is 14.5 Å². The maximum absolute atomic E-state index is 13.9. The zero-order chi connectivity index (χ0) is 15.9. The zero-order valence-electron chi connectivity index (χ0n) is 11.6. The van der Waals surface area contributed by atoms with Gasteiger partial charge in [0.25, 0.3) is 0 Å². The molecule has 0 saturated heterocycles. The van der Waals surface area contributed by atoms with Crippen LogP contribution in [0, 0.1) is 24.0 Å². The molecule has 0 unspecified atom stereocenters. The van der Waals surface area contributed by atoms with Crippen molar-refractivity contribution in [1.82, 2.24) is 0 Å². The Hall–Kier alpha value is -2.87. The van der Waals surface area contributed by atoms with E-state index in [0.29, 0.717) is 5.56 Å². The Morgan fingerprint density at radius 3 is 2.73 bits per heavy atom. The van der Waals surface area contributed by atoms with Crippen LogP contribution in [0.25, 0.3) is 0 Å². The molecule has 1 amide bonds. The van der Waals surface area contributed by atoms with Crippen molar-refractivity contribution in [3.63, 3.8) is 0 Å². The van der Waals surface area contributed by atoms with E-state index in [4.69, 9.17) is 11.2 Å². The number of carbonyl (C=O) groups is 1. The molecule has 5 heteroatoms. The van der Waals surface area contributed by atoms with Crippen molar-refractivity contribution in [3.8, 4) is 18.1 Å².